The lowest BCUT2D eigenvalue weighted by Crippen LogP contribution is -2.47. The molecule has 0 atom stereocenters. The second-order valence-electron chi connectivity index (χ2n) is 5.87. The molecular weight excluding hydrogens is 292 g/mol. The van der Waals surface area contributed by atoms with Gasteiger partial charge in [-0.15, -0.1) is 0 Å². The minimum Gasteiger partial charge on any atom is -0.497 e. The molecule has 0 spiro atoms. The molecule has 0 aliphatic carbocycles. The fraction of sp³-hybridized carbons (Fsp3) is 0.529. The molecule has 0 bridgehead atoms. The minimum atomic E-state index is -0.510. The molecule has 0 unspecified atom stereocenters. The van der Waals surface area contributed by atoms with Gasteiger partial charge in [-0.25, -0.2) is 0 Å². The summed E-state index contributed by atoms with van der Waals surface area (Å²) in [5.74, 6) is 1.51. The van der Waals surface area contributed by atoms with E-state index in [0.717, 1.165) is 11.3 Å². The molecule has 0 aliphatic rings. The molecule has 1 aromatic carbocycles. The lowest BCUT2D eigenvalue weighted by molar-refractivity contribution is -0.128. The van der Waals surface area contributed by atoms with Crippen LogP contribution in [0.2, 0.25) is 0 Å². The Morgan fingerprint density at radius 3 is 2.61 bits per heavy atom. The molecule has 6 heteroatoms. The first-order valence-electron chi connectivity index (χ1n) is 7.78. The van der Waals surface area contributed by atoms with Gasteiger partial charge in [0, 0.05) is 26.7 Å². The fourth-order valence-electron chi connectivity index (χ4n) is 1.97. The maximum atomic E-state index is 12.0. The van der Waals surface area contributed by atoms with Crippen LogP contribution in [0.25, 0.3) is 0 Å². The number of methoxy groups -OCH3 is 1. The molecule has 0 fully saturated rings. The number of guanidine groups is 1. The summed E-state index contributed by atoms with van der Waals surface area (Å²) in [7, 11) is 3.36. The zero-order chi connectivity index (χ0) is 17.3. The van der Waals surface area contributed by atoms with Crippen molar-refractivity contribution in [1.29, 1.82) is 0 Å². The highest BCUT2D eigenvalue weighted by Crippen LogP contribution is 2.14. The number of hydrogen-bond donors (Lipinski definition) is 3. The quantitative estimate of drug-likeness (QED) is 0.526. The number of aliphatic imine (C=N–C) groups is 1. The number of nitrogens with zero attached hydrogens (tertiary/aromatic N) is 1. The highest BCUT2D eigenvalue weighted by molar-refractivity contribution is 5.84. The van der Waals surface area contributed by atoms with Gasteiger partial charge in [0.05, 0.1) is 12.5 Å². The Labute approximate surface area is 138 Å². The maximum absolute atomic E-state index is 12.0. The van der Waals surface area contributed by atoms with Crippen LogP contribution in [0.3, 0.4) is 0 Å². The van der Waals surface area contributed by atoms with Crippen LogP contribution >= 0.6 is 0 Å². The third-order valence-electron chi connectivity index (χ3n) is 3.47. The number of nitrogens with one attached hydrogen (secondary N) is 3. The average molecular weight is 320 g/mol. The monoisotopic (exact) mass is 320 g/mol. The smallest absolute Gasteiger partial charge is 0.227 e. The van der Waals surface area contributed by atoms with Crippen LogP contribution in [0.1, 0.15) is 26.3 Å². The number of carbonyl (C=O) groups excluding carboxylic acids is 1. The van der Waals surface area contributed by atoms with E-state index in [2.05, 4.69) is 20.9 Å². The van der Waals surface area contributed by atoms with E-state index in [0.29, 0.717) is 25.6 Å². The Balaban J connectivity index is 2.53. The number of benzene rings is 1. The highest BCUT2D eigenvalue weighted by atomic mass is 16.5. The van der Waals surface area contributed by atoms with E-state index in [-0.39, 0.29) is 5.91 Å². The Morgan fingerprint density at radius 2 is 2.00 bits per heavy atom. The summed E-state index contributed by atoms with van der Waals surface area (Å²) < 4.78 is 5.21. The Bertz CT molecular complexity index is 541. The second-order valence-corrected chi connectivity index (χ2v) is 5.87. The number of amides is 1. The second kappa shape index (κ2) is 9.02. The maximum Gasteiger partial charge on any atom is 0.227 e. The average Bonchev–Trinajstić information content (AvgIpc) is 2.55. The van der Waals surface area contributed by atoms with Crippen LogP contribution in [0.15, 0.2) is 29.3 Å². The lowest BCUT2D eigenvalue weighted by Gasteiger charge is -2.24. The van der Waals surface area contributed by atoms with Gasteiger partial charge in [0.15, 0.2) is 5.96 Å². The molecule has 1 aromatic rings. The van der Waals surface area contributed by atoms with Gasteiger partial charge >= 0.3 is 0 Å². The Hall–Kier alpha value is -2.24. The third kappa shape index (κ3) is 6.18. The number of hydrogen-bond acceptors (Lipinski definition) is 3. The number of rotatable bonds is 7. The van der Waals surface area contributed by atoms with Gasteiger partial charge in [0.2, 0.25) is 5.91 Å². The molecule has 0 saturated heterocycles. The van der Waals surface area contributed by atoms with Crippen LogP contribution in [-0.2, 0) is 11.3 Å². The summed E-state index contributed by atoms with van der Waals surface area (Å²) in [4.78, 5) is 16.2. The normalized spacial score (nSPS) is 11.8. The molecule has 0 saturated carbocycles. The van der Waals surface area contributed by atoms with Crippen LogP contribution in [0, 0.1) is 5.41 Å². The lowest BCUT2D eigenvalue weighted by atomic mass is 9.92. The van der Waals surface area contributed by atoms with E-state index < -0.39 is 5.41 Å². The molecule has 3 N–H and O–H groups in total. The van der Waals surface area contributed by atoms with E-state index in [9.17, 15) is 4.79 Å². The van der Waals surface area contributed by atoms with Crippen molar-refractivity contribution in [1.82, 2.24) is 16.0 Å². The van der Waals surface area contributed by atoms with Crippen LogP contribution in [0.4, 0.5) is 0 Å². The van der Waals surface area contributed by atoms with Gasteiger partial charge in [-0.3, -0.25) is 9.79 Å². The Morgan fingerprint density at radius 1 is 1.26 bits per heavy atom. The summed E-state index contributed by atoms with van der Waals surface area (Å²) in [5.41, 5.74) is 0.583. The predicted molar refractivity (Wildman–Crippen MR) is 93.7 cm³/mol. The zero-order valence-corrected chi connectivity index (χ0v) is 14.7. The van der Waals surface area contributed by atoms with Gasteiger partial charge in [-0.2, -0.15) is 0 Å². The number of ether oxygens (including phenoxy) is 1. The van der Waals surface area contributed by atoms with Crippen molar-refractivity contribution in [3.8, 4) is 5.75 Å². The largest absolute Gasteiger partial charge is 0.497 e. The first-order valence-corrected chi connectivity index (χ1v) is 7.78. The van der Waals surface area contributed by atoms with Crippen LogP contribution in [-0.4, -0.2) is 39.1 Å². The van der Waals surface area contributed by atoms with Crippen LogP contribution in [0.5, 0.6) is 5.75 Å². The fourth-order valence-corrected chi connectivity index (χ4v) is 1.97. The van der Waals surface area contributed by atoms with Crippen molar-refractivity contribution in [2.24, 2.45) is 10.4 Å². The van der Waals surface area contributed by atoms with Gasteiger partial charge in [0.25, 0.3) is 0 Å². The molecule has 0 aromatic heterocycles. The van der Waals surface area contributed by atoms with Crippen molar-refractivity contribution in [3.05, 3.63) is 29.8 Å². The summed E-state index contributed by atoms with van der Waals surface area (Å²) in [6.07, 6.45) is 0. The van der Waals surface area contributed by atoms with Gasteiger partial charge in [-0.05, 0) is 38.5 Å². The van der Waals surface area contributed by atoms with E-state index in [1.165, 1.54) is 0 Å². The SMILES string of the molecule is CCNC(=O)C(C)(C)CNC(=NC)NCc1cccc(OC)c1. The molecule has 128 valence electrons. The first kappa shape index (κ1) is 18.8. The van der Waals surface area contributed by atoms with Crippen molar-refractivity contribution in [2.45, 2.75) is 27.3 Å². The zero-order valence-electron chi connectivity index (χ0n) is 14.7. The summed E-state index contributed by atoms with van der Waals surface area (Å²) >= 11 is 0. The van der Waals surface area contributed by atoms with E-state index >= 15 is 0 Å². The third-order valence-corrected chi connectivity index (χ3v) is 3.47. The molecule has 0 aliphatic heterocycles. The molecular formula is C17H28N4O2. The molecule has 1 rings (SSSR count). The van der Waals surface area contributed by atoms with E-state index in [1.54, 1.807) is 14.2 Å². The van der Waals surface area contributed by atoms with Crippen LogP contribution < -0.4 is 20.7 Å². The van der Waals surface area contributed by atoms with Crippen molar-refractivity contribution >= 4 is 11.9 Å². The summed E-state index contributed by atoms with van der Waals surface area (Å²) in [5, 5.41) is 9.27. The van der Waals surface area contributed by atoms with Crippen molar-refractivity contribution in [3.63, 3.8) is 0 Å². The Kier molecular flexibility index (Phi) is 7.38. The van der Waals surface area contributed by atoms with Gasteiger partial charge in [-0.1, -0.05) is 12.1 Å². The van der Waals surface area contributed by atoms with Crippen molar-refractivity contribution in [2.75, 3.05) is 27.2 Å². The van der Waals surface area contributed by atoms with E-state index in [4.69, 9.17) is 4.74 Å². The number of carbonyl (C=O) groups is 1. The van der Waals surface area contributed by atoms with Crippen molar-refractivity contribution < 1.29 is 9.53 Å². The molecule has 23 heavy (non-hydrogen) atoms. The molecule has 1 amide bonds. The van der Waals surface area contributed by atoms with Gasteiger partial charge in [0.1, 0.15) is 5.75 Å². The van der Waals surface area contributed by atoms with Gasteiger partial charge < -0.3 is 20.7 Å². The predicted octanol–water partition coefficient (Wildman–Crippen LogP) is 1.52. The summed E-state index contributed by atoms with van der Waals surface area (Å²) in [6.45, 7) is 7.47. The summed E-state index contributed by atoms with van der Waals surface area (Å²) in [6, 6.07) is 7.84. The highest BCUT2D eigenvalue weighted by Gasteiger charge is 2.27. The molecule has 0 heterocycles. The molecule has 0 radical (unpaired) electrons. The minimum absolute atomic E-state index is 0.0238. The topological polar surface area (TPSA) is 74.8 Å². The molecule has 6 nitrogen and oxygen atoms in total. The standard InChI is InChI=1S/C17H28N4O2/c1-6-19-15(22)17(2,3)12-21-16(18-4)20-11-13-8-7-9-14(10-13)23-5/h7-10H,6,11-12H2,1-5H3,(H,19,22)(H2,18,20,21). The van der Waals surface area contributed by atoms with E-state index in [1.807, 2.05) is 45.0 Å². The first-order chi connectivity index (χ1) is 10.9.